The fourth-order valence-corrected chi connectivity index (χ4v) is 2.59. The summed E-state index contributed by atoms with van der Waals surface area (Å²) in [7, 11) is 1.36. The lowest BCUT2D eigenvalue weighted by Crippen LogP contribution is -2.03. The van der Waals surface area contributed by atoms with Crippen LogP contribution in [0.25, 0.3) is 10.6 Å². The summed E-state index contributed by atoms with van der Waals surface area (Å²) < 4.78 is 10.2. The van der Waals surface area contributed by atoms with Crippen LogP contribution in [0.4, 0.5) is 0 Å². The Hall–Kier alpha value is -1.88. The molecule has 2 aromatic rings. The second-order valence-corrected chi connectivity index (χ2v) is 5.08. The maximum atomic E-state index is 11.5. The van der Waals surface area contributed by atoms with E-state index in [-0.39, 0.29) is 0 Å². The van der Waals surface area contributed by atoms with Gasteiger partial charge in [-0.25, -0.2) is 9.78 Å². The second kappa shape index (κ2) is 5.84. The molecule has 0 unspecified atom stereocenters. The molecule has 0 bridgehead atoms. The van der Waals surface area contributed by atoms with Crippen molar-refractivity contribution in [2.75, 3.05) is 13.7 Å². The molecule has 0 fully saturated rings. The van der Waals surface area contributed by atoms with Gasteiger partial charge in [0.25, 0.3) is 0 Å². The summed E-state index contributed by atoms with van der Waals surface area (Å²) in [5.41, 5.74) is 1.32. The van der Waals surface area contributed by atoms with Gasteiger partial charge in [-0.05, 0) is 26.0 Å². The third-order valence-corrected chi connectivity index (χ3v) is 3.59. The van der Waals surface area contributed by atoms with Crippen LogP contribution in [0.1, 0.15) is 22.3 Å². The Balaban J connectivity index is 2.36. The Labute approximate surface area is 116 Å². The highest BCUT2D eigenvalue weighted by molar-refractivity contribution is 7.15. The molecule has 19 heavy (non-hydrogen) atoms. The minimum Gasteiger partial charge on any atom is -0.494 e. The van der Waals surface area contributed by atoms with Gasteiger partial charge in [0.1, 0.15) is 10.8 Å². The minimum absolute atomic E-state index is 0.379. The summed E-state index contributed by atoms with van der Waals surface area (Å²) in [6.07, 6.45) is 0. The molecule has 0 saturated carbocycles. The van der Waals surface area contributed by atoms with Crippen molar-refractivity contribution < 1.29 is 14.3 Å². The fourth-order valence-electron chi connectivity index (χ4n) is 1.69. The summed E-state index contributed by atoms with van der Waals surface area (Å²) in [5, 5.41) is 0.791. The van der Waals surface area contributed by atoms with Crippen LogP contribution < -0.4 is 4.74 Å². The van der Waals surface area contributed by atoms with Crippen molar-refractivity contribution in [3.8, 4) is 16.3 Å². The molecule has 0 aliphatic heterocycles. The van der Waals surface area contributed by atoms with Crippen molar-refractivity contribution >= 4 is 17.3 Å². The Kier molecular flexibility index (Phi) is 4.16. The van der Waals surface area contributed by atoms with Gasteiger partial charge in [0.05, 0.1) is 13.7 Å². The Morgan fingerprint density at radius 1 is 1.42 bits per heavy atom. The van der Waals surface area contributed by atoms with Crippen LogP contribution in [-0.2, 0) is 4.74 Å². The number of methoxy groups -OCH3 is 1. The van der Waals surface area contributed by atoms with Crippen LogP contribution in [0.3, 0.4) is 0 Å². The van der Waals surface area contributed by atoms with Crippen molar-refractivity contribution in [3.05, 3.63) is 34.8 Å². The van der Waals surface area contributed by atoms with Gasteiger partial charge in [0.2, 0.25) is 0 Å². The minimum atomic E-state index is -0.402. The average molecular weight is 277 g/mol. The van der Waals surface area contributed by atoms with Gasteiger partial charge >= 0.3 is 5.97 Å². The number of benzene rings is 1. The highest BCUT2D eigenvalue weighted by Gasteiger charge is 2.16. The largest absolute Gasteiger partial charge is 0.494 e. The molecule has 2 rings (SSSR count). The van der Waals surface area contributed by atoms with Gasteiger partial charge in [0.15, 0.2) is 5.69 Å². The van der Waals surface area contributed by atoms with Crippen LogP contribution in [0, 0.1) is 6.92 Å². The molecule has 0 spiro atoms. The number of esters is 1. The molecule has 0 aliphatic carbocycles. The van der Waals surface area contributed by atoms with Crippen LogP contribution in [0.2, 0.25) is 0 Å². The quantitative estimate of drug-likeness (QED) is 0.804. The van der Waals surface area contributed by atoms with E-state index < -0.39 is 5.97 Å². The number of ether oxygens (including phenoxy) is 2. The number of hydrogen-bond acceptors (Lipinski definition) is 5. The van der Waals surface area contributed by atoms with Crippen molar-refractivity contribution in [3.63, 3.8) is 0 Å². The van der Waals surface area contributed by atoms with Crippen molar-refractivity contribution in [2.24, 2.45) is 0 Å². The third-order valence-electron chi connectivity index (χ3n) is 2.57. The summed E-state index contributed by atoms with van der Waals surface area (Å²) in [6.45, 7) is 4.42. The van der Waals surface area contributed by atoms with E-state index in [0.717, 1.165) is 21.2 Å². The zero-order valence-corrected chi connectivity index (χ0v) is 11.9. The van der Waals surface area contributed by atoms with Crippen molar-refractivity contribution in [2.45, 2.75) is 13.8 Å². The lowest BCUT2D eigenvalue weighted by molar-refractivity contribution is 0.0594. The zero-order chi connectivity index (χ0) is 13.8. The monoisotopic (exact) mass is 277 g/mol. The van der Waals surface area contributed by atoms with Crippen LogP contribution >= 0.6 is 11.3 Å². The Bertz CT molecular complexity index is 592. The van der Waals surface area contributed by atoms with E-state index in [1.807, 2.05) is 38.1 Å². The standard InChI is InChI=1S/C14H15NO3S/c1-4-18-11-7-5-6-10(8-11)13-15-12(9(2)19-13)14(16)17-3/h5-8H,4H2,1-3H3. The number of aryl methyl sites for hydroxylation is 1. The first-order chi connectivity index (χ1) is 9.15. The predicted molar refractivity (Wildman–Crippen MR) is 74.8 cm³/mol. The van der Waals surface area contributed by atoms with E-state index in [2.05, 4.69) is 4.98 Å². The van der Waals surface area contributed by atoms with Gasteiger partial charge in [-0.15, -0.1) is 11.3 Å². The van der Waals surface area contributed by atoms with Gasteiger partial charge in [-0.3, -0.25) is 0 Å². The lowest BCUT2D eigenvalue weighted by Gasteiger charge is -2.03. The number of hydrogen-bond donors (Lipinski definition) is 0. The van der Waals surface area contributed by atoms with Gasteiger partial charge in [-0.1, -0.05) is 12.1 Å². The molecule has 1 heterocycles. The molecule has 1 aromatic heterocycles. The molecule has 1 aromatic carbocycles. The topological polar surface area (TPSA) is 48.4 Å². The summed E-state index contributed by atoms with van der Waals surface area (Å²) >= 11 is 1.47. The fraction of sp³-hybridized carbons (Fsp3) is 0.286. The number of thiazole rings is 1. The third kappa shape index (κ3) is 2.93. The molecule has 0 radical (unpaired) electrons. The molecule has 0 saturated heterocycles. The first-order valence-corrected chi connectivity index (χ1v) is 6.76. The highest BCUT2D eigenvalue weighted by Crippen LogP contribution is 2.30. The summed E-state index contributed by atoms with van der Waals surface area (Å²) in [4.78, 5) is 16.7. The van der Waals surface area contributed by atoms with E-state index in [1.54, 1.807) is 0 Å². The van der Waals surface area contributed by atoms with Crippen molar-refractivity contribution in [1.82, 2.24) is 4.98 Å². The molecule has 0 N–H and O–H groups in total. The molecular formula is C14H15NO3S. The zero-order valence-electron chi connectivity index (χ0n) is 11.1. The Morgan fingerprint density at radius 3 is 2.89 bits per heavy atom. The van der Waals surface area contributed by atoms with E-state index in [9.17, 15) is 4.79 Å². The molecule has 100 valence electrons. The molecule has 4 nitrogen and oxygen atoms in total. The predicted octanol–water partition coefficient (Wildman–Crippen LogP) is 3.30. The molecule has 0 aliphatic rings. The van der Waals surface area contributed by atoms with E-state index in [4.69, 9.17) is 9.47 Å². The summed E-state index contributed by atoms with van der Waals surface area (Å²) in [5.74, 6) is 0.397. The lowest BCUT2D eigenvalue weighted by atomic mass is 10.2. The number of carbonyl (C=O) groups excluding carboxylic acids is 1. The average Bonchev–Trinajstić information content (AvgIpc) is 2.81. The summed E-state index contributed by atoms with van der Waals surface area (Å²) in [6, 6.07) is 7.67. The molecule has 0 amide bonds. The van der Waals surface area contributed by atoms with Crippen molar-refractivity contribution in [1.29, 1.82) is 0 Å². The normalized spacial score (nSPS) is 10.3. The maximum Gasteiger partial charge on any atom is 0.357 e. The molecular weight excluding hydrogens is 262 g/mol. The van der Waals surface area contributed by atoms with E-state index in [0.29, 0.717) is 12.3 Å². The molecule has 5 heteroatoms. The van der Waals surface area contributed by atoms with Gasteiger partial charge < -0.3 is 9.47 Å². The van der Waals surface area contributed by atoms with Crippen LogP contribution in [0.15, 0.2) is 24.3 Å². The number of aromatic nitrogens is 1. The second-order valence-electron chi connectivity index (χ2n) is 3.88. The molecule has 0 atom stereocenters. The van der Waals surface area contributed by atoms with Gasteiger partial charge in [-0.2, -0.15) is 0 Å². The van der Waals surface area contributed by atoms with E-state index >= 15 is 0 Å². The highest BCUT2D eigenvalue weighted by atomic mass is 32.1. The Morgan fingerprint density at radius 2 is 2.21 bits per heavy atom. The first-order valence-electron chi connectivity index (χ1n) is 5.94. The smallest absolute Gasteiger partial charge is 0.357 e. The van der Waals surface area contributed by atoms with E-state index in [1.165, 1.54) is 18.4 Å². The number of rotatable bonds is 4. The SMILES string of the molecule is CCOc1cccc(-c2nc(C(=O)OC)c(C)s2)c1. The number of carbonyl (C=O) groups is 1. The maximum absolute atomic E-state index is 11.5. The number of nitrogens with zero attached hydrogens (tertiary/aromatic N) is 1. The van der Waals surface area contributed by atoms with Gasteiger partial charge in [0, 0.05) is 10.4 Å². The van der Waals surface area contributed by atoms with Crippen LogP contribution in [0.5, 0.6) is 5.75 Å². The van der Waals surface area contributed by atoms with Crippen LogP contribution in [-0.4, -0.2) is 24.7 Å². The first kappa shape index (κ1) is 13.5.